The molecule has 0 atom stereocenters. The molecule has 0 spiro atoms. The summed E-state index contributed by atoms with van der Waals surface area (Å²) in [5.74, 6) is 0.0223. The Morgan fingerprint density at radius 2 is 1.64 bits per heavy atom. The zero-order valence-corrected chi connectivity index (χ0v) is 15.4. The first-order valence-corrected chi connectivity index (χ1v) is 9.00. The molecule has 25 heavy (non-hydrogen) atoms. The van der Waals surface area contributed by atoms with E-state index in [2.05, 4.69) is 33.0 Å². The molecule has 0 aliphatic carbocycles. The number of benzene rings is 2. The number of nitrogens with zero attached hydrogens (tertiary/aromatic N) is 2. The smallest absolute Gasteiger partial charge is 0.254 e. The van der Waals surface area contributed by atoms with Crippen LogP contribution in [0.25, 0.3) is 0 Å². The zero-order chi connectivity index (χ0) is 17.5. The van der Waals surface area contributed by atoms with Gasteiger partial charge in [0, 0.05) is 22.8 Å². The summed E-state index contributed by atoms with van der Waals surface area (Å²) >= 11 is 3.41. The van der Waals surface area contributed by atoms with Crippen LogP contribution in [-0.2, 0) is 13.0 Å². The largest absolute Gasteiger partial charge is 0.332 e. The lowest BCUT2D eigenvalue weighted by Gasteiger charge is -2.22. The maximum absolute atomic E-state index is 13.0. The minimum atomic E-state index is 0.0223. The first-order valence-electron chi connectivity index (χ1n) is 8.21. The molecule has 0 bridgehead atoms. The van der Waals surface area contributed by atoms with Gasteiger partial charge in [-0.2, -0.15) is 0 Å². The fraction of sp³-hybridized carbons (Fsp3) is 0.143. The fourth-order valence-corrected chi connectivity index (χ4v) is 2.89. The van der Waals surface area contributed by atoms with Crippen LogP contribution in [0.1, 0.15) is 21.6 Å². The molecule has 0 aliphatic rings. The predicted molar refractivity (Wildman–Crippen MR) is 103 cm³/mol. The molecule has 0 saturated carbocycles. The van der Waals surface area contributed by atoms with E-state index in [1.54, 1.807) is 6.20 Å². The van der Waals surface area contributed by atoms with E-state index in [4.69, 9.17) is 0 Å². The lowest BCUT2D eigenvalue weighted by molar-refractivity contribution is 0.0743. The highest BCUT2D eigenvalue weighted by Gasteiger charge is 2.16. The van der Waals surface area contributed by atoms with Crippen molar-refractivity contribution in [2.45, 2.75) is 13.0 Å². The SMILES string of the molecule is O=C(c1ccc(Br)cc1)N(CCc1ccccc1)Cc1ccccn1. The van der Waals surface area contributed by atoms with Crippen molar-refractivity contribution in [2.75, 3.05) is 6.54 Å². The van der Waals surface area contributed by atoms with Crippen molar-refractivity contribution in [3.63, 3.8) is 0 Å². The molecule has 0 radical (unpaired) electrons. The summed E-state index contributed by atoms with van der Waals surface area (Å²) in [6.45, 7) is 1.15. The van der Waals surface area contributed by atoms with Crippen molar-refractivity contribution in [1.82, 2.24) is 9.88 Å². The maximum atomic E-state index is 13.0. The standard InChI is InChI=1S/C21H19BrN2O/c22-19-11-9-18(10-12-19)21(25)24(16-20-8-4-5-14-23-20)15-13-17-6-2-1-3-7-17/h1-12,14H,13,15-16H2. The molecule has 2 aromatic carbocycles. The normalized spacial score (nSPS) is 10.4. The van der Waals surface area contributed by atoms with Gasteiger partial charge in [-0.1, -0.05) is 52.3 Å². The van der Waals surface area contributed by atoms with Crippen LogP contribution < -0.4 is 0 Å². The van der Waals surface area contributed by atoms with E-state index in [0.29, 0.717) is 18.7 Å². The number of rotatable bonds is 6. The van der Waals surface area contributed by atoms with E-state index in [0.717, 1.165) is 16.6 Å². The van der Waals surface area contributed by atoms with Gasteiger partial charge in [-0.15, -0.1) is 0 Å². The maximum Gasteiger partial charge on any atom is 0.254 e. The molecule has 126 valence electrons. The van der Waals surface area contributed by atoms with Crippen LogP contribution in [0.15, 0.2) is 83.5 Å². The van der Waals surface area contributed by atoms with Crippen molar-refractivity contribution < 1.29 is 4.79 Å². The van der Waals surface area contributed by atoms with E-state index in [1.807, 2.05) is 65.6 Å². The Labute approximate surface area is 156 Å². The minimum Gasteiger partial charge on any atom is -0.332 e. The predicted octanol–water partition coefficient (Wildman–Crippen LogP) is 4.73. The Bertz CT molecular complexity index is 804. The number of halogens is 1. The lowest BCUT2D eigenvalue weighted by atomic mass is 10.1. The van der Waals surface area contributed by atoms with Gasteiger partial charge in [0.15, 0.2) is 0 Å². The van der Waals surface area contributed by atoms with Crippen LogP contribution in [0.5, 0.6) is 0 Å². The third-order valence-electron chi connectivity index (χ3n) is 3.97. The van der Waals surface area contributed by atoms with Crippen molar-refractivity contribution in [3.05, 3.63) is 100 Å². The van der Waals surface area contributed by atoms with Gasteiger partial charge in [-0.05, 0) is 48.4 Å². The molecule has 0 fully saturated rings. The van der Waals surface area contributed by atoms with E-state index in [9.17, 15) is 4.79 Å². The van der Waals surface area contributed by atoms with Crippen molar-refractivity contribution in [2.24, 2.45) is 0 Å². The van der Waals surface area contributed by atoms with E-state index in [-0.39, 0.29) is 5.91 Å². The Morgan fingerprint density at radius 1 is 0.920 bits per heavy atom. The highest BCUT2D eigenvalue weighted by Crippen LogP contribution is 2.14. The zero-order valence-electron chi connectivity index (χ0n) is 13.8. The third kappa shape index (κ3) is 5.00. The van der Waals surface area contributed by atoms with Gasteiger partial charge in [0.05, 0.1) is 12.2 Å². The monoisotopic (exact) mass is 394 g/mol. The Balaban J connectivity index is 1.77. The molecular weight excluding hydrogens is 376 g/mol. The summed E-state index contributed by atoms with van der Waals surface area (Å²) in [6, 6.07) is 23.5. The van der Waals surface area contributed by atoms with Crippen LogP contribution in [-0.4, -0.2) is 22.3 Å². The molecule has 1 amide bonds. The topological polar surface area (TPSA) is 33.2 Å². The summed E-state index contributed by atoms with van der Waals surface area (Å²) < 4.78 is 0.963. The number of amides is 1. The van der Waals surface area contributed by atoms with Gasteiger partial charge in [-0.25, -0.2) is 0 Å². The molecule has 3 aromatic rings. The summed E-state index contributed by atoms with van der Waals surface area (Å²) in [4.78, 5) is 19.2. The molecule has 3 rings (SSSR count). The fourth-order valence-electron chi connectivity index (χ4n) is 2.62. The molecular formula is C21H19BrN2O. The van der Waals surface area contributed by atoms with Gasteiger partial charge in [-0.3, -0.25) is 9.78 Å². The molecule has 0 unspecified atom stereocenters. The summed E-state index contributed by atoms with van der Waals surface area (Å²) in [5.41, 5.74) is 2.80. The molecule has 0 aliphatic heterocycles. The quantitative estimate of drug-likeness (QED) is 0.605. The average Bonchev–Trinajstić information content (AvgIpc) is 2.67. The summed E-state index contributed by atoms with van der Waals surface area (Å²) in [6.07, 6.45) is 2.57. The van der Waals surface area contributed by atoms with Gasteiger partial charge < -0.3 is 4.90 Å². The van der Waals surface area contributed by atoms with Crippen LogP contribution in [0.4, 0.5) is 0 Å². The minimum absolute atomic E-state index is 0.0223. The summed E-state index contributed by atoms with van der Waals surface area (Å²) in [7, 11) is 0. The number of pyridine rings is 1. The van der Waals surface area contributed by atoms with Crippen LogP contribution in [0, 0.1) is 0 Å². The van der Waals surface area contributed by atoms with Gasteiger partial charge in [0.25, 0.3) is 5.91 Å². The van der Waals surface area contributed by atoms with Crippen LogP contribution >= 0.6 is 15.9 Å². The van der Waals surface area contributed by atoms with Crippen molar-refractivity contribution in [1.29, 1.82) is 0 Å². The lowest BCUT2D eigenvalue weighted by Crippen LogP contribution is -2.32. The number of hydrogen-bond donors (Lipinski definition) is 0. The second-order valence-corrected chi connectivity index (χ2v) is 6.71. The van der Waals surface area contributed by atoms with Crippen LogP contribution in [0.2, 0.25) is 0 Å². The number of aromatic nitrogens is 1. The molecule has 0 saturated heterocycles. The Hall–Kier alpha value is -2.46. The second-order valence-electron chi connectivity index (χ2n) is 5.79. The molecule has 0 N–H and O–H groups in total. The molecule has 1 heterocycles. The van der Waals surface area contributed by atoms with Gasteiger partial charge >= 0.3 is 0 Å². The summed E-state index contributed by atoms with van der Waals surface area (Å²) in [5, 5.41) is 0. The van der Waals surface area contributed by atoms with Crippen LogP contribution in [0.3, 0.4) is 0 Å². The Morgan fingerprint density at radius 3 is 2.32 bits per heavy atom. The Kier molecular flexibility index (Phi) is 5.96. The number of hydrogen-bond acceptors (Lipinski definition) is 2. The molecule has 1 aromatic heterocycles. The van der Waals surface area contributed by atoms with E-state index >= 15 is 0 Å². The highest BCUT2D eigenvalue weighted by molar-refractivity contribution is 9.10. The highest BCUT2D eigenvalue weighted by atomic mass is 79.9. The first kappa shape index (κ1) is 17.4. The van der Waals surface area contributed by atoms with Gasteiger partial charge in [0.1, 0.15) is 0 Å². The molecule has 3 nitrogen and oxygen atoms in total. The second kappa shape index (κ2) is 8.58. The van der Waals surface area contributed by atoms with Crippen molar-refractivity contribution >= 4 is 21.8 Å². The molecule has 4 heteroatoms. The third-order valence-corrected chi connectivity index (χ3v) is 4.50. The number of carbonyl (C=O) groups excluding carboxylic acids is 1. The van der Waals surface area contributed by atoms with Gasteiger partial charge in [0.2, 0.25) is 0 Å². The van der Waals surface area contributed by atoms with Crippen molar-refractivity contribution in [3.8, 4) is 0 Å². The average molecular weight is 395 g/mol. The first-order chi connectivity index (χ1) is 12.2. The van der Waals surface area contributed by atoms with E-state index < -0.39 is 0 Å². The number of carbonyl (C=O) groups is 1. The van der Waals surface area contributed by atoms with E-state index in [1.165, 1.54) is 5.56 Å².